The molecule has 20 heavy (non-hydrogen) atoms. The number of ketones is 1. The van der Waals surface area contributed by atoms with Gasteiger partial charge < -0.3 is 15.4 Å². The summed E-state index contributed by atoms with van der Waals surface area (Å²) in [6, 6.07) is 1.75. The Labute approximate surface area is 121 Å². The predicted molar refractivity (Wildman–Crippen MR) is 72.2 cm³/mol. The fourth-order valence-electron chi connectivity index (χ4n) is 2.28. The number of methoxy groups -OCH3 is 1. The molecule has 0 bridgehead atoms. The number of ether oxygens (including phenoxy) is 1. The maximum Gasteiger partial charge on any atom is 0.334 e. The first-order chi connectivity index (χ1) is 9.34. The van der Waals surface area contributed by atoms with Gasteiger partial charge in [-0.05, 0) is 12.2 Å². The molecule has 1 heterocycles. The van der Waals surface area contributed by atoms with E-state index in [1.54, 1.807) is 13.0 Å². The quantitative estimate of drug-likeness (QED) is 0.539. The Balaban J connectivity index is 3.45. The molecule has 108 valence electrons. The minimum atomic E-state index is -1.80. The summed E-state index contributed by atoms with van der Waals surface area (Å²) in [5.74, 6) is -4.21. The molecule has 0 aromatic heterocycles. The molecule has 2 N–H and O–H groups in total. The highest BCUT2D eigenvalue weighted by molar-refractivity contribution is 7.80. The first-order valence-electron chi connectivity index (χ1n) is 5.98. The highest BCUT2D eigenvalue weighted by Crippen LogP contribution is 2.32. The maximum atomic E-state index is 12.2. The predicted octanol–water partition coefficient (Wildman–Crippen LogP) is -0.343. The largest absolute Gasteiger partial charge is 0.467 e. The zero-order chi connectivity index (χ0) is 15.5. The highest BCUT2D eigenvalue weighted by atomic mass is 32.1. The van der Waals surface area contributed by atoms with E-state index in [0.717, 1.165) is 7.11 Å². The van der Waals surface area contributed by atoms with Crippen molar-refractivity contribution in [1.82, 2.24) is 10.6 Å². The van der Waals surface area contributed by atoms with Gasteiger partial charge in [-0.1, -0.05) is 13.8 Å². The minimum absolute atomic E-state index is 0.109. The Morgan fingerprint density at radius 3 is 2.65 bits per heavy atom. The minimum Gasteiger partial charge on any atom is -0.467 e. The van der Waals surface area contributed by atoms with Crippen LogP contribution in [0.4, 0.5) is 0 Å². The van der Waals surface area contributed by atoms with Crippen molar-refractivity contribution in [2.24, 2.45) is 11.8 Å². The lowest BCUT2D eigenvalue weighted by molar-refractivity contribution is -0.158. The van der Waals surface area contributed by atoms with Crippen molar-refractivity contribution in [2.45, 2.75) is 25.8 Å². The van der Waals surface area contributed by atoms with Gasteiger partial charge in [-0.25, -0.2) is 4.79 Å². The van der Waals surface area contributed by atoms with E-state index in [9.17, 15) is 19.6 Å². The number of nitriles is 1. The zero-order valence-corrected chi connectivity index (χ0v) is 12.2. The van der Waals surface area contributed by atoms with Crippen LogP contribution in [0, 0.1) is 23.2 Å². The molecule has 1 aliphatic heterocycles. The third kappa shape index (κ3) is 2.36. The third-order valence-electron chi connectivity index (χ3n) is 3.44. The van der Waals surface area contributed by atoms with Gasteiger partial charge in [-0.2, -0.15) is 5.26 Å². The molecule has 7 nitrogen and oxygen atoms in total. The van der Waals surface area contributed by atoms with Crippen LogP contribution in [0.3, 0.4) is 0 Å². The van der Waals surface area contributed by atoms with Gasteiger partial charge in [0, 0.05) is 6.42 Å². The SMILES string of the molecule is CCC(=O)[C@@H](C)[C@@]1(C(=O)OC)NC(=S)NC(=O)[C@H]1C#N. The topological polar surface area (TPSA) is 108 Å². The lowest BCUT2D eigenvalue weighted by atomic mass is 9.71. The highest BCUT2D eigenvalue weighted by Gasteiger charge is 2.59. The fraction of sp³-hybridized carbons (Fsp3) is 0.583. The summed E-state index contributed by atoms with van der Waals surface area (Å²) in [5, 5.41) is 14.0. The average molecular weight is 297 g/mol. The van der Waals surface area contributed by atoms with Crippen LogP contribution in [0.15, 0.2) is 0 Å². The van der Waals surface area contributed by atoms with Crippen LogP contribution < -0.4 is 10.6 Å². The monoisotopic (exact) mass is 297 g/mol. The van der Waals surface area contributed by atoms with E-state index in [1.165, 1.54) is 6.92 Å². The molecule has 1 amide bonds. The van der Waals surface area contributed by atoms with Crippen molar-refractivity contribution in [3.05, 3.63) is 0 Å². The Bertz CT molecular complexity index is 513. The van der Waals surface area contributed by atoms with Crippen LogP contribution in [0.5, 0.6) is 0 Å². The van der Waals surface area contributed by atoms with Crippen LogP contribution in [-0.4, -0.2) is 35.4 Å². The van der Waals surface area contributed by atoms with Gasteiger partial charge in [0.25, 0.3) is 0 Å². The number of nitrogens with zero attached hydrogens (tertiary/aromatic N) is 1. The molecule has 1 aliphatic rings. The van der Waals surface area contributed by atoms with Gasteiger partial charge in [-0.15, -0.1) is 0 Å². The molecule has 0 radical (unpaired) electrons. The molecule has 0 unspecified atom stereocenters. The number of thiocarbonyl (C=S) groups is 1. The summed E-state index contributed by atoms with van der Waals surface area (Å²) in [4.78, 5) is 36.1. The van der Waals surface area contributed by atoms with E-state index in [2.05, 4.69) is 10.6 Å². The van der Waals surface area contributed by atoms with Crippen LogP contribution in [0.2, 0.25) is 0 Å². The van der Waals surface area contributed by atoms with Crippen molar-refractivity contribution in [2.75, 3.05) is 7.11 Å². The second kappa shape index (κ2) is 5.96. The number of carbonyl (C=O) groups excluding carboxylic acids is 3. The van der Waals surface area contributed by atoms with Crippen LogP contribution >= 0.6 is 12.2 Å². The smallest absolute Gasteiger partial charge is 0.334 e. The van der Waals surface area contributed by atoms with E-state index < -0.39 is 29.3 Å². The van der Waals surface area contributed by atoms with E-state index >= 15 is 0 Å². The van der Waals surface area contributed by atoms with Gasteiger partial charge in [0.1, 0.15) is 5.78 Å². The lowest BCUT2D eigenvalue weighted by Gasteiger charge is -2.42. The molecule has 0 aromatic carbocycles. The van der Waals surface area contributed by atoms with E-state index in [-0.39, 0.29) is 17.3 Å². The number of rotatable bonds is 4. The summed E-state index contributed by atoms with van der Waals surface area (Å²) in [6.07, 6.45) is 0.161. The summed E-state index contributed by atoms with van der Waals surface area (Å²) in [6.45, 7) is 3.10. The Morgan fingerprint density at radius 1 is 1.60 bits per heavy atom. The number of Topliss-reactive ketones (excluding diaryl/α,β-unsaturated/α-hetero) is 1. The summed E-state index contributed by atoms with van der Waals surface area (Å²) >= 11 is 4.87. The lowest BCUT2D eigenvalue weighted by Crippen LogP contribution is -2.73. The van der Waals surface area contributed by atoms with Gasteiger partial charge in [0.2, 0.25) is 5.91 Å². The second-order valence-corrected chi connectivity index (χ2v) is 4.82. The summed E-state index contributed by atoms with van der Waals surface area (Å²) < 4.78 is 4.69. The first kappa shape index (κ1) is 16.0. The molecule has 8 heteroatoms. The summed E-state index contributed by atoms with van der Waals surface area (Å²) in [7, 11) is 1.12. The van der Waals surface area contributed by atoms with E-state index in [4.69, 9.17) is 17.0 Å². The van der Waals surface area contributed by atoms with Crippen molar-refractivity contribution in [3.63, 3.8) is 0 Å². The van der Waals surface area contributed by atoms with Gasteiger partial charge in [0.05, 0.1) is 19.1 Å². The number of amides is 1. The maximum absolute atomic E-state index is 12.2. The van der Waals surface area contributed by atoms with Crippen molar-refractivity contribution in [3.8, 4) is 6.07 Å². The van der Waals surface area contributed by atoms with Crippen LogP contribution in [0.1, 0.15) is 20.3 Å². The Hall–Kier alpha value is -2.01. The normalized spacial score (nSPS) is 26.8. The Morgan fingerprint density at radius 2 is 2.20 bits per heavy atom. The second-order valence-electron chi connectivity index (χ2n) is 4.41. The molecule has 1 fully saturated rings. The molecule has 3 atom stereocenters. The van der Waals surface area contributed by atoms with Crippen LogP contribution in [0.25, 0.3) is 0 Å². The number of esters is 1. The molecule has 0 saturated carbocycles. The van der Waals surface area contributed by atoms with E-state index in [0.29, 0.717) is 0 Å². The molecular weight excluding hydrogens is 282 g/mol. The number of hydrogen-bond acceptors (Lipinski definition) is 6. The summed E-state index contributed by atoms with van der Waals surface area (Å²) in [5.41, 5.74) is -1.80. The fourth-order valence-corrected chi connectivity index (χ4v) is 2.54. The first-order valence-corrected chi connectivity index (χ1v) is 6.39. The van der Waals surface area contributed by atoms with Gasteiger partial charge in [-0.3, -0.25) is 9.59 Å². The van der Waals surface area contributed by atoms with Gasteiger partial charge in [0.15, 0.2) is 16.6 Å². The van der Waals surface area contributed by atoms with Crippen LogP contribution in [-0.2, 0) is 19.1 Å². The molecule has 1 rings (SSSR count). The van der Waals surface area contributed by atoms with E-state index in [1.807, 2.05) is 0 Å². The number of carbonyl (C=O) groups is 3. The van der Waals surface area contributed by atoms with Crippen molar-refractivity contribution >= 4 is 35.0 Å². The van der Waals surface area contributed by atoms with Crippen molar-refractivity contribution < 1.29 is 19.1 Å². The molecule has 0 aromatic rings. The molecule has 0 aliphatic carbocycles. The molecule has 0 spiro atoms. The molecular formula is C12H15N3O4S. The van der Waals surface area contributed by atoms with Crippen molar-refractivity contribution in [1.29, 1.82) is 5.26 Å². The zero-order valence-electron chi connectivity index (χ0n) is 11.4. The number of hydrogen-bond donors (Lipinski definition) is 2. The standard InChI is InChI=1S/C12H15N3O4S/c1-4-8(16)6(2)12(10(18)19-3)7(5-13)9(17)14-11(20)15-12/h6-7H,4H2,1-3H3,(H2,14,15,17,20)/t6-,7-,12-/m1/s1. The van der Waals surface area contributed by atoms with Gasteiger partial charge >= 0.3 is 5.97 Å². The third-order valence-corrected chi connectivity index (χ3v) is 3.65. The number of nitrogens with one attached hydrogen (secondary N) is 2. The average Bonchev–Trinajstić information content (AvgIpc) is 2.43. The molecule has 1 saturated heterocycles. The Kier molecular flexibility index (Phi) is 4.78.